The molecule has 0 spiro atoms. The Hall–Kier alpha value is -1.55. The number of rotatable bonds is 4. The standard InChI is InChI=1S/C16H19ClN2O2/c17-12-4-2-11(3-5-12)16(8-1-9-16)10-18-15(21)13-6-7-14(20)19-13/h2-5,13H,1,6-10H2,(H,18,21)(H,19,20). The number of halogens is 1. The minimum Gasteiger partial charge on any atom is -0.353 e. The molecule has 2 amide bonds. The van der Waals surface area contributed by atoms with Gasteiger partial charge in [-0.3, -0.25) is 9.59 Å². The smallest absolute Gasteiger partial charge is 0.242 e. The quantitative estimate of drug-likeness (QED) is 0.895. The summed E-state index contributed by atoms with van der Waals surface area (Å²) in [6, 6.07) is 7.53. The van der Waals surface area contributed by atoms with Crippen molar-refractivity contribution in [1.82, 2.24) is 10.6 Å². The van der Waals surface area contributed by atoms with Gasteiger partial charge in [-0.1, -0.05) is 30.2 Å². The van der Waals surface area contributed by atoms with E-state index >= 15 is 0 Å². The lowest BCUT2D eigenvalue weighted by molar-refractivity contribution is -0.126. The Kier molecular flexibility index (Phi) is 3.89. The summed E-state index contributed by atoms with van der Waals surface area (Å²) in [6.45, 7) is 0.625. The fourth-order valence-electron chi connectivity index (χ4n) is 3.16. The van der Waals surface area contributed by atoms with Gasteiger partial charge >= 0.3 is 0 Å². The highest BCUT2D eigenvalue weighted by molar-refractivity contribution is 6.30. The molecule has 1 saturated carbocycles. The summed E-state index contributed by atoms with van der Waals surface area (Å²) in [5.74, 6) is -0.104. The number of carbonyl (C=O) groups is 2. The van der Waals surface area contributed by atoms with Crippen molar-refractivity contribution in [1.29, 1.82) is 0 Å². The van der Waals surface area contributed by atoms with Crippen molar-refractivity contribution in [3.05, 3.63) is 34.9 Å². The van der Waals surface area contributed by atoms with E-state index in [2.05, 4.69) is 10.6 Å². The van der Waals surface area contributed by atoms with E-state index < -0.39 is 0 Å². The molecule has 2 fully saturated rings. The summed E-state index contributed by atoms with van der Waals surface area (Å²) >= 11 is 5.94. The highest BCUT2D eigenvalue weighted by Crippen LogP contribution is 2.43. The summed E-state index contributed by atoms with van der Waals surface area (Å²) in [6.07, 6.45) is 4.37. The van der Waals surface area contributed by atoms with Crippen LogP contribution in [0.2, 0.25) is 5.02 Å². The van der Waals surface area contributed by atoms with Crippen molar-refractivity contribution in [2.75, 3.05) is 6.54 Å². The van der Waals surface area contributed by atoms with Gasteiger partial charge in [0.25, 0.3) is 0 Å². The molecule has 0 aromatic heterocycles. The van der Waals surface area contributed by atoms with Gasteiger partial charge in [0.2, 0.25) is 11.8 Å². The molecule has 112 valence electrons. The summed E-state index contributed by atoms with van der Waals surface area (Å²) in [5, 5.41) is 6.45. The zero-order valence-electron chi connectivity index (χ0n) is 11.8. The van der Waals surface area contributed by atoms with Crippen LogP contribution in [-0.4, -0.2) is 24.4 Å². The third-order valence-electron chi connectivity index (χ3n) is 4.68. The van der Waals surface area contributed by atoms with Crippen LogP contribution in [0.5, 0.6) is 0 Å². The first kappa shape index (κ1) is 14.4. The first-order chi connectivity index (χ1) is 10.1. The predicted octanol–water partition coefficient (Wildman–Crippen LogP) is 2.16. The largest absolute Gasteiger partial charge is 0.353 e. The van der Waals surface area contributed by atoms with E-state index in [9.17, 15) is 9.59 Å². The van der Waals surface area contributed by atoms with Crippen LogP contribution in [0.3, 0.4) is 0 Å². The van der Waals surface area contributed by atoms with Gasteiger partial charge in [0.1, 0.15) is 6.04 Å². The first-order valence-corrected chi connectivity index (χ1v) is 7.80. The van der Waals surface area contributed by atoms with E-state index in [1.165, 1.54) is 12.0 Å². The predicted molar refractivity (Wildman–Crippen MR) is 81.2 cm³/mol. The van der Waals surface area contributed by atoms with Crippen molar-refractivity contribution < 1.29 is 9.59 Å². The molecule has 3 rings (SSSR count). The minimum atomic E-state index is -0.361. The lowest BCUT2D eigenvalue weighted by atomic mass is 9.64. The summed E-state index contributed by atoms with van der Waals surface area (Å²) in [5.41, 5.74) is 1.26. The van der Waals surface area contributed by atoms with E-state index in [0.717, 1.165) is 17.9 Å². The number of carbonyl (C=O) groups excluding carboxylic acids is 2. The average Bonchev–Trinajstić information content (AvgIpc) is 2.86. The second-order valence-electron chi connectivity index (χ2n) is 6.02. The highest BCUT2D eigenvalue weighted by Gasteiger charge is 2.39. The molecule has 2 aliphatic rings. The summed E-state index contributed by atoms with van der Waals surface area (Å²) in [7, 11) is 0. The zero-order valence-corrected chi connectivity index (χ0v) is 12.6. The van der Waals surface area contributed by atoms with Gasteiger partial charge in [-0.25, -0.2) is 0 Å². The topological polar surface area (TPSA) is 58.2 Å². The van der Waals surface area contributed by atoms with Gasteiger partial charge in [-0.2, -0.15) is 0 Å². The van der Waals surface area contributed by atoms with Crippen molar-refractivity contribution in [3.8, 4) is 0 Å². The van der Waals surface area contributed by atoms with Crippen molar-refractivity contribution >= 4 is 23.4 Å². The molecule has 0 bridgehead atoms. The fraction of sp³-hybridized carbons (Fsp3) is 0.500. The molecule has 1 saturated heterocycles. The van der Waals surface area contributed by atoms with Crippen LogP contribution in [0, 0.1) is 0 Å². The Morgan fingerprint density at radius 1 is 1.33 bits per heavy atom. The van der Waals surface area contributed by atoms with Crippen molar-refractivity contribution in [3.63, 3.8) is 0 Å². The van der Waals surface area contributed by atoms with E-state index in [0.29, 0.717) is 19.4 Å². The summed E-state index contributed by atoms with van der Waals surface area (Å²) < 4.78 is 0. The Morgan fingerprint density at radius 3 is 2.57 bits per heavy atom. The van der Waals surface area contributed by atoms with Crippen LogP contribution in [0.4, 0.5) is 0 Å². The second-order valence-corrected chi connectivity index (χ2v) is 6.45. The maximum Gasteiger partial charge on any atom is 0.242 e. The molecule has 2 N–H and O–H groups in total. The van der Waals surface area contributed by atoms with Gasteiger partial charge in [-0.05, 0) is 37.0 Å². The normalized spacial score (nSPS) is 23.3. The van der Waals surface area contributed by atoms with E-state index in [4.69, 9.17) is 11.6 Å². The van der Waals surface area contributed by atoms with Crippen LogP contribution >= 0.6 is 11.6 Å². The molecule has 1 atom stereocenters. The SMILES string of the molecule is O=C1CCC(C(=O)NCC2(c3ccc(Cl)cc3)CCC2)N1. The van der Waals surface area contributed by atoms with Crippen LogP contribution < -0.4 is 10.6 Å². The molecule has 1 heterocycles. The second kappa shape index (κ2) is 5.68. The maximum atomic E-state index is 12.1. The first-order valence-electron chi connectivity index (χ1n) is 7.42. The molecule has 21 heavy (non-hydrogen) atoms. The van der Waals surface area contributed by atoms with Crippen molar-refractivity contribution in [2.45, 2.75) is 43.6 Å². The number of hydrogen-bond donors (Lipinski definition) is 2. The maximum absolute atomic E-state index is 12.1. The van der Waals surface area contributed by atoms with Crippen LogP contribution in [0.25, 0.3) is 0 Å². The third kappa shape index (κ3) is 2.91. The molecule has 1 aromatic rings. The molecule has 1 unspecified atom stereocenters. The number of hydrogen-bond acceptors (Lipinski definition) is 2. The van der Waals surface area contributed by atoms with Gasteiger partial charge in [0, 0.05) is 23.4 Å². The highest BCUT2D eigenvalue weighted by atomic mass is 35.5. The van der Waals surface area contributed by atoms with Crippen molar-refractivity contribution in [2.24, 2.45) is 0 Å². The zero-order chi connectivity index (χ0) is 14.9. The Labute approximate surface area is 129 Å². The Balaban J connectivity index is 1.63. The van der Waals surface area contributed by atoms with Gasteiger partial charge < -0.3 is 10.6 Å². The van der Waals surface area contributed by atoms with Gasteiger partial charge in [-0.15, -0.1) is 0 Å². The van der Waals surface area contributed by atoms with Crippen LogP contribution in [0.1, 0.15) is 37.7 Å². The van der Waals surface area contributed by atoms with E-state index in [1.54, 1.807) is 0 Å². The lowest BCUT2D eigenvalue weighted by Crippen LogP contribution is -2.49. The molecular formula is C16H19ClN2O2. The molecule has 1 aliphatic heterocycles. The van der Waals surface area contributed by atoms with E-state index in [1.807, 2.05) is 24.3 Å². The molecule has 1 aliphatic carbocycles. The number of benzene rings is 1. The minimum absolute atomic E-state index is 0.0306. The third-order valence-corrected chi connectivity index (χ3v) is 4.93. The molecule has 1 aromatic carbocycles. The molecule has 4 nitrogen and oxygen atoms in total. The van der Waals surface area contributed by atoms with Gasteiger partial charge in [0.15, 0.2) is 0 Å². The van der Waals surface area contributed by atoms with Crippen LogP contribution in [-0.2, 0) is 15.0 Å². The van der Waals surface area contributed by atoms with Gasteiger partial charge in [0.05, 0.1) is 0 Å². The Morgan fingerprint density at radius 2 is 2.05 bits per heavy atom. The molecular weight excluding hydrogens is 288 g/mol. The lowest BCUT2D eigenvalue weighted by Gasteiger charge is -2.42. The molecule has 0 radical (unpaired) electrons. The van der Waals surface area contributed by atoms with E-state index in [-0.39, 0.29) is 23.3 Å². The average molecular weight is 307 g/mol. The molecule has 5 heteroatoms. The monoisotopic (exact) mass is 306 g/mol. The number of amides is 2. The van der Waals surface area contributed by atoms with Crippen LogP contribution in [0.15, 0.2) is 24.3 Å². The Bertz CT molecular complexity index is 552. The number of nitrogens with one attached hydrogen (secondary N) is 2. The summed E-state index contributed by atoms with van der Waals surface area (Å²) in [4.78, 5) is 23.3. The fourth-order valence-corrected chi connectivity index (χ4v) is 3.29.